The van der Waals surface area contributed by atoms with E-state index in [1.807, 2.05) is 24.3 Å². The maximum atomic E-state index is 12.7. The van der Waals surface area contributed by atoms with Crippen LogP contribution in [-0.4, -0.2) is 54.5 Å². The van der Waals surface area contributed by atoms with Crippen LogP contribution in [0.25, 0.3) is 11.1 Å². The van der Waals surface area contributed by atoms with Gasteiger partial charge < -0.3 is 25.8 Å². The molecule has 10 nitrogen and oxygen atoms in total. The van der Waals surface area contributed by atoms with Crippen molar-refractivity contribution in [2.45, 2.75) is 70.4 Å². The number of rotatable bonds is 13. The molecule has 3 amide bonds. The number of carbonyl (C=O) groups is 5. The van der Waals surface area contributed by atoms with Crippen molar-refractivity contribution in [2.24, 2.45) is 5.73 Å². The number of nitrogens with one attached hydrogen (secondary N) is 2. The number of carbonyl (C=O) groups excluding carboxylic acids is 5. The van der Waals surface area contributed by atoms with Crippen LogP contribution in [0.3, 0.4) is 0 Å². The van der Waals surface area contributed by atoms with E-state index in [0.29, 0.717) is 12.8 Å². The SMILES string of the molecule is CC(C)(C)OC(=O)N[C@@H](CCCCC(=O)OCC1c2ccccc2-c2ccccc21)C(=O)CNC(=O)CC(N)=O. The second kappa shape index (κ2) is 13.7. The number of benzene rings is 2. The third-order valence-electron chi connectivity index (χ3n) is 6.37. The molecule has 3 rings (SSSR count). The molecule has 2 aromatic rings. The minimum Gasteiger partial charge on any atom is -0.465 e. The van der Waals surface area contributed by atoms with E-state index in [-0.39, 0.29) is 37.9 Å². The number of esters is 1. The molecular formula is C30H37N3O7. The van der Waals surface area contributed by atoms with Gasteiger partial charge in [-0.2, -0.15) is 0 Å². The number of alkyl carbamates (subject to hydrolysis) is 1. The van der Waals surface area contributed by atoms with Crippen molar-refractivity contribution < 1.29 is 33.4 Å². The standard InChI is InChI=1S/C30H37N3O7/c1-30(2,3)40-29(38)33-24(25(34)17-32-27(36)16-26(31)35)14-8-9-15-28(37)39-18-23-21-12-6-4-10-19(21)20-11-5-7-13-22(20)23/h4-7,10-13,23-24H,8-9,14-18H2,1-3H3,(H2,31,35)(H,32,36)(H,33,38)/t24-/m0/s1. The van der Waals surface area contributed by atoms with Crippen LogP contribution in [0.4, 0.5) is 4.79 Å². The summed E-state index contributed by atoms with van der Waals surface area (Å²) < 4.78 is 10.9. The summed E-state index contributed by atoms with van der Waals surface area (Å²) >= 11 is 0. The topological polar surface area (TPSA) is 154 Å². The smallest absolute Gasteiger partial charge is 0.408 e. The molecule has 40 heavy (non-hydrogen) atoms. The molecule has 0 saturated carbocycles. The number of unbranched alkanes of at least 4 members (excludes halogenated alkanes) is 1. The van der Waals surface area contributed by atoms with Crippen LogP contribution in [-0.2, 0) is 28.7 Å². The maximum absolute atomic E-state index is 12.7. The van der Waals surface area contributed by atoms with E-state index in [2.05, 4.69) is 34.9 Å². The van der Waals surface area contributed by atoms with Crippen LogP contribution in [0.5, 0.6) is 0 Å². The van der Waals surface area contributed by atoms with Crippen LogP contribution >= 0.6 is 0 Å². The van der Waals surface area contributed by atoms with Crippen LogP contribution in [0.2, 0.25) is 0 Å². The Kier molecular flexibility index (Phi) is 10.4. The molecule has 1 atom stereocenters. The zero-order valence-electron chi connectivity index (χ0n) is 23.2. The van der Waals surface area contributed by atoms with Gasteiger partial charge in [-0.3, -0.25) is 19.2 Å². The van der Waals surface area contributed by atoms with Gasteiger partial charge in [-0.05, 0) is 55.9 Å². The lowest BCUT2D eigenvalue weighted by molar-refractivity contribution is -0.144. The minimum atomic E-state index is -0.953. The van der Waals surface area contributed by atoms with Gasteiger partial charge in [0.1, 0.15) is 18.6 Å². The highest BCUT2D eigenvalue weighted by Gasteiger charge is 2.29. The first-order valence-corrected chi connectivity index (χ1v) is 13.4. The summed E-state index contributed by atoms with van der Waals surface area (Å²) in [6.45, 7) is 4.93. The van der Waals surface area contributed by atoms with Crippen LogP contribution < -0.4 is 16.4 Å². The van der Waals surface area contributed by atoms with Crippen LogP contribution in [0, 0.1) is 0 Å². The van der Waals surface area contributed by atoms with Crippen molar-refractivity contribution >= 4 is 29.7 Å². The Morgan fingerprint density at radius 1 is 0.925 bits per heavy atom. The molecular weight excluding hydrogens is 514 g/mol. The molecule has 10 heteroatoms. The Morgan fingerprint density at radius 3 is 2.10 bits per heavy atom. The highest BCUT2D eigenvalue weighted by atomic mass is 16.6. The average Bonchev–Trinajstić information content (AvgIpc) is 3.20. The maximum Gasteiger partial charge on any atom is 0.408 e. The Hall–Kier alpha value is -4.21. The van der Waals surface area contributed by atoms with Gasteiger partial charge in [-0.1, -0.05) is 55.0 Å². The van der Waals surface area contributed by atoms with Crippen molar-refractivity contribution in [1.82, 2.24) is 10.6 Å². The lowest BCUT2D eigenvalue weighted by atomic mass is 9.98. The summed E-state index contributed by atoms with van der Waals surface area (Å²) in [5, 5.41) is 4.86. The van der Waals surface area contributed by atoms with E-state index in [9.17, 15) is 24.0 Å². The second-order valence-corrected chi connectivity index (χ2v) is 10.7. The van der Waals surface area contributed by atoms with E-state index in [1.54, 1.807) is 20.8 Å². The van der Waals surface area contributed by atoms with Crippen molar-refractivity contribution in [3.63, 3.8) is 0 Å². The van der Waals surface area contributed by atoms with Crippen molar-refractivity contribution in [1.29, 1.82) is 0 Å². The third kappa shape index (κ3) is 8.93. The molecule has 0 aliphatic heterocycles. The Balaban J connectivity index is 1.49. The molecule has 0 fully saturated rings. The molecule has 0 unspecified atom stereocenters. The van der Waals surface area contributed by atoms with E-state index < -0.39 is 41.8 Å². The van der Waals surface area contributed by atoms with Gasteiger partial charge in [-0.25, -0.2) is 4.79 Å². The highest BCUT2D eigenvalue weighted by Crippen LogP contribution is 2.44. The van der Waals surface area contributed by atoms with Gasteiger partial charge >= 0.3 is 12.1 Å². The van der Waals surface area contributed by atoms with E-state index >= 15 is 0 Å². The number of nitrogens with two attached hydrogens (primary N) is 1. The van der Waals surface area contributed by atoms with E-state index in [4.69, 9.17) is 15.2 Å². The van der Waals surface area contributed by atoms with Gasteiger partial charge in [0.25, 0.3) is 0 Å². The first-order valence-electron chi connectivity index (χ1n) is 13.4. The Bertz CT molecular complexity index is 1210. The molecule has 0 spiro atoms. The number of fused-ring (bicyclic) bond motifs is 3. The first-order chi connectivity index (χ1) is 18.9. The molecule has 0 heterocycles. The van der Waals surface area contributed by atoms with Crippen LogP contribution in [0.1, 0.15) is 69.9 Å². The summed E-state index contributed by atoms with van der Waals surface area (Å²) in [6.07, 6.45) is -0.0711. The molecule has 0 bridgehead atoms. The highest BCUT2D eigenvalue weighted by molar-refractivity contribution is 5.98. The van der Waals surface area contributed by atoms with Gasteiger partial charge in [0, 0.05) is 12.3 Å². The number of Topliss-reactive ketones (excluding diaryl/α,β-unsaturated/α-hetero) is 1. The van der Waals surface area contributed by atoms with Crippen molar-refractivity contribution in [3.8, 4) is 11.1 Å². The summed E-state index contributed by atoms with van der Waals surface area (Å²) in [5.74, 6) is -2.34. The second-order valence-electron chi connectivity index (χ2n) is 10.7. The van der Waals surface area contributed by atoms with Gasteiger partial charge in [0.15, 0.2) is 5.78 Å². The zero-order valence-corrected chi connectivity index (χ0v) is 23.2. The first kappa shape index (κ1) is 30.3. The molecule has 0 aromatic heterocycles. The monoisotopic (exact) mass is 551 g/mol. The molecule has 2 aromatic carbocycles. The number of hydrogen-bond donors (Lipinski definition) is 3. The summed E-state index contributed by atoms with van der Waals surface area (Å²) in [5.41, 5.74) is 8.80. The summed E-state index contributed by atoms with van der Waals surface area (Å²) in [7, 11) is 0. The number of hydrogen-bond acceptors (Lipinski definition) is 7. The minimum absolute atomic E-state index is 0.0267. The number of amides is 3. The Labute approximate surface area is 234 Å². The number of primary amides is 1. The van der Waals surface area contributed by atoms with Gasteiger partial charge in [0.2, 0.25) is 11.8 Å². The number of ketones is 1. The lowest BCUT2D eigenvalue weighted by Crippen LogP contribution is -2.47. The fourth-order valence-electron chi connectivity index (χ4n) is 4.60. The molecule has 1 aliphatic carbocycles. The quantitative estimate of drug-likeness (QED) is 0.196. The summed E-state index contributed by atoms with van der Waals surface area (Å²) in [4.78, 5) is 60.1. The molecule has 214 valence electrons. The molecule has 0 radical (unpaired) electrons. The normalized spacial score (nSPS) is 13.0. The van der Waals surface area contributed by atoms with E-state index in [1.165, 1.54) is 0 Å². The third-order valence-corrected chi connectivity index (χ3v) is 6.37. The predicted molar refractivity (Wildman–Crippen MR) is 148 cm³/mol. The Morgan fingerprint density at radius 2 is 1.52 bits per heavy atom. The lowest BCUT2D eigenvalue weighted by Gasteiger charge is -2.23. The van der Waals surface area contributed by atoms with E-state index in [0.717, 1.165) is 22.3 Å². The van der Waals surface area contributed by atoms with Crippen molar-refractivity contribution in [3.05, 3.63) is 59.7 Å². The fraction of sp³-hybridized carbons (Fsp3) is 0.433. The predicted octanol–water partition coefficient (Wildman–Crippen LogP) is 3.36. The average molecular weight is 552 g/mol. The van der Waals surface area contributed by atoms with Gasteiger partial charge in [0.05, 0.1) is 12.6 Å². The fourth-order valence-corrected chi connectivity index (χ4v) is 4.60. The van der Waals surface area contributed by atoms with Crippen molar-refractivity contribution in [2.75, 3.05) is 13.2 Å². The largest absolute Gasteiger partial charge is 0.465 e. The van der Waals surface area contributed by atoms with Gasteiger partial charge in [-0.15, -0.1) is 0 Å². The zero-order chi connectivity index (χ0) is 29.3. The summed E-state index contributed by atoms with van der Waals surface area (Å²) in [6, 6.07) is 15.2. The number of ether oxygens (including phenoxy) is 2. The molecule has 0 saturated heterocycles. The molecule has 4 N–H and O–H groups in total. The molecule has 1 aliphatic rings. The van der Waals surface area contributed by atoms with Crippen LogP contribution in [0.15, 0.2) is 48.5 Å².